The van der Waals surface area contributed by atoms with Crippen LogP contribution >= 0.6 is 11.3 Å². The van der Waals surface area contributed by atoms with Gasteiger partial charge in [-0.15, -0.1) is 11.3 Å². The molecule has 0 spiro atoms. The maximum Gasteiger partial charge on any atom is 0.164 e. The Hall–Kier alpha value is -5.91. The molecule has 214 valence electrons. The molecule has 0 saturated carbocycles. The van der Waals surface area contributed by atoms with Crippen LogP contribution in [0.1, 0.15) is 0 Å². The van der Waals surface area contributed by atoms with E-state index in [-0.39, 0.29) is 0 Å². The summed E-state index contributed by atoms with van der Waals surface area (Å²) in [5.74, 6) is 1.94. The average Bonchev–Trinajstić information content (AvgIpc) is 3.67. The van der Waals surface area contributed by atoms with Crippen LogP contribution in [0.2, 0.25) is 0 Å². The van der Waals surface area contributed by atoms with E-state index in [0.29, 0.717) is 17.5 Å². The number of furan rings is 1. The van der Waals surface area contributed by atoms with Crippen molar-refractivity contribution < 1.29 is 4.42 Å². The van der Waals surface area contributed by atoms with Gasteiger partial charge in [0.15, 0.2) is 17.5 Å². The third kappa shape index (κ3) is 3.96. The third-order valence-electron chi connectivity index (χ3n) is 8.90. The summed E-state index contributed by atoms with van der Waals surface area (Å²) in [4.78, 5) is 15.4. The van der Waals surface area contributed by atoms with Gasteiger partial charge in [0, 0.05) is 47.6 Å². The highest BCUT2D eigenvalue weighted by molar-refractivity contribution is 7.25. The topological polar surface area (TPSA) is 51.8 Å². The number of fused-ring (bicyclic) bond motifs is 8. The minimum atomic E-state index is 0.641. The highest BCUT2D eigenvalue weighted by atomic mass is 32.1. The van der Waals surface area contributed by atoms with Crippen molar-refractivity contribution in [2.75, 3.05) is 0 Å². The molecular weight excluding hydrogens is 583 g/mol. The Labute approximate surface area is 267 Å². The van der Waals surface area contributed by atoms with Gasteiger partial charge in [-0.2, -0.15) is 0 Å². The van der Waals surface area contributed by atoms with E-state index in [9.17, 15) is 0 Å². The molecule has 0 radical (unpaired) electrons. The van der Waals surface area contributed by atoms with E-state index in [1.807, 2.05) is 12.1 Å². The van der Waals surface area contributed by atoms with Crippen LogP contribution in [-0.4, -0.2) is 15.0 Å². The van der Waals surface area contributed by atoms with Crippen molar-refractivity contribution in [1.29, 1.82) is 0 Å². The summed E-state index contributed by atoms with van der Waals surface area (Å²) in [5.41, 5.74) is 4.63. The molecule has 3 aromatic heterocycles. The van der Waals surface area contributed by atoms with Gasteiger partial charge < -0.3 is 4.42 Å². The third-order valence-corrected chi connectivity index (χ3v) is 10.0. The quantitative estimate of drug-likeness (QED) is 0.201. The number of para-hydroxylation sites is 1. The van der Waals surface area contributed by atoms with Gasteiger partial charge in [-0.05, 0) is 57.9 Å². The standard InChI is InChI=1S/C41H23N3OS/c1-2-9-25-20-27(17-16-24(25)8-1)39-42-40(28-18-19-31-30-12-4-6-15-37(30)46-38(31)22-28)44-41(43-39)32-13-7-10-26-21-36-34(23-33(26)32)29-11-3-5-14-35(29)45-36/h1-23H. The van der Waals surface area contributed by atoms with E-state index < -0.39 is 0 Å². The van der Waals surface area contributed by atoms with Crippen LogP contribution in [0.25, 0.3) is 97.8 Å². The zero-order valence-electron chi connectivity index (χ0n) is 24.4. The van der Waals surface area contributed by atoms with Crippen LogP contribution in [0, 0.1) is 0 Å². The number of rotatable bonds is 3. The second-order valence-electron chi connectivity index (χ2n) is 11.7. The van der Waals surface area contributed by atoms with Crippen molar-refractivity contribution in [1.82, 2.24) is 15.0 Å². The molecule has 3 heterocycles. The largest absolute Gasteiger partial charge is 0.456 e. The Morgan fingerprint density at radius 2 is 1.09 bits per heavy atom. The highest BCUT2D eigenvalue weighted by Gasteiger charge is 2.17. The number of benzene rings is 7. The summed E-state index contributed by atoms with van der Waals surface area (Å²) in [6.07, 6.45) is 0. The second kappa shape index (κ2) is 9.80. The van der Waals surface area contributed by atoms with Crippen molar-refractivity contribution in [3.05, 3.63) is 140 Å². The molecule has 10 aromatic rings. The fourth-order valence-corrected chi connectivity index (χ4v) is 7.78. The first-order valence-corrected chi connectivity index (χ1v) is 16.1. The molecule has 5 heteroatoms. The maximum absolute atomic E-state index is 6.21. The summed E-state index contributed by atoms with van der Waals surface area (Å²) in [6.45, 7) is 0. The zero-order valence-corrected chi connectivity index (χ0v) is 25.3. The Morgan fingerprint density at radius 1 is 0.391 bits per heavy atom. The van der Waals surface area contributed by atoms with Crippen LogP contribution in [0.15, 0.2) is 144 Å². The molecule has 0 aliphatic rings. The lowest BCUT2D eigenvalue weighted by Crippen LogP contribution is -2.00. The van der Waals surface area contributed by atoms with E-state index >= 15 is 0 Å². The fraction of sp³-hybridized carbons (Fsp3) is 0. The molecule has 0 aliphatic heterocycles. The minimum absolute atomic E-state index is 0.641. The number of aromatic nitrogens is 3. The fourth-order valence-electron chi connectivity index (χ4n) is 6.64. The highest BCUT2D eigenvalue weighted by Crippen LogP contribution is 2.38. The summed E-state index contributed by atoms with van der Waals surface area (Å²) >= 11 is 1.80. The number of hydrogen-bond donors (Lipinski definition) is 0. The van der Waals surface area contributed by atoms with E-state index in [1.54, 1.807) is 11.3 Å². The normalized spacial score (nSPS) is 11.9. The van der Waals surface area contributed by atoms with Crippen molar-refractivity contribution in [3.8, 4) is 34.2 Å². The summed E-state index contributed by atoms with van der Waals surface area (Å²) < 4.78 is 8.70. The number of hydrogen-bond acceptors (Lipinski definition) is 5. The maximum atomic E-state index is 6.21. The second-order valence-corrected chi connectivity index (χ2v) is 12.7. The van der Waals surface area contributed by atoms with Gasteiger partial charge in [0.05, 0.1) is 0 Å². The van der Waals surface area contributed by atoms with Crippen LogP contribution in [0.4, 0.5) is 0 Å². The molecule has 0 atom stereocenters. The smallest absolute Gasteiger partial charge is 0.164 e. The van der Waals surface area contributed by atoms with Crippen LogP contribution < -0.4 is 0 Å². The lowest BCUT2D eigenvalue weighted by molar-refractivity contribution is 0.669. The van der Waals surface area contributed by atoms with Crippen LogP contribution in [0.5, 0.6) is 0 Å². The summed E-state index contributed by atoms with van der Waals surface area (Å²) in [6, 6.07) is 48.7. The van der Waals surface area contributed by atoms with E-state index in [2.05, 4.69) is 127 Å². The van der Waals surface area contributed by atoms with Gasteiger partial charge in [-0.3, -0.25) is 0 Å². The number of thiophene rings is 1. The minimum Gasteiger partial charge on any atom is -0.456 e. The Morgan fingerprint density at radius 3 is 2.00 bits per heavy atom. The zero-order chi connectivity index (χ0) is 30.2. The van der Waals surface area contributed by atoms with E-state index in [1.165, 1.54) is 25.6 Å². The Kier molecular flexibility index (Phi) is 5.41. The molecule has 0 saturated heterocycles. The van der Waals surface area contributed by atoms with E-state index in [4.69, 9.17) is 19.4 Å². The average molecular weight is 606 g/mol. The van der Waals surface area contributed by atoms with Crippen LogP contribution in [0.3, 0.4) is 0 Å². The molecule has 0 amide bonds. The van der Waals surface area contributed by atoms with Crippen molar-refractivity contribution in [2.24, 2.45) is 0 Å². The van der Waals surface area contributed by atoms with Crippen molar-refractivity contribution >= 4 is 75.0 Å². The molecule has 46 heavy (non-hydrogen) atoms. The lowest BCUT2D eigenvalue weighted by Gasteiger charge is -2.11. The SMILES string of the molecule is c1ccc2cc(-c3nc(-c4ccc5c(c4)sc4ccccc45)nc(-c4cccc5cc6oc7ccccc7c6cc45)n3)ccc2c1. The first kappa shape index (κ1) is 25.4. The lowest BCUT2D eigenvalue weighted by atomic mass is 10.0. The molecule has 0 N–H and O–H groups in total. The molecule has 0 bridgehead atoms. The molecule has 7 aromatic carbocycles. The predicted molar refractivity (Wildman–Crippen MR) is 191 cm³/mol. The van der Waals surface area contributed by atoms with Gasteiger partial charge in [0.1, 0.15) is 11.2 Å². The molecule has 4 nitrogen and oxygen atoms in total. The van der Waals surface area contributed by atoms with Gasteiger partial charge in [-0.25, -0.2) is 15.0 Å². The van der Waals surface area contributed by atoms with Gasteiger partial charge in [-0.1, -0.05) is 103 Å². The Balaban J connectivity index is 1.22. The first-order chi connectivity index (χ1) is 22.7. The van der Waals surface area contributed by atoms with Gasteiger partial charge in [0.2, 0.25) is 0 Å². The molecule has 0 unspecified atom stereocenters. The molecular formula is C41H23N3OS. The molecule has 0 fully saturated rings. The first-order valence-electron chi connectivity index (χ1n) is 15.3. The van der Waals surface area contributed by atoms with Gasteiger partial charge in [0.25, 0.3) is 0 Å². The monoisotopic (exact) mass is 605 g/mol. The Bertz CT molecular complexity index is 2830. The summed E-state index contributed by atoms with van der Waals surface area (Å²) in [5, 5.41) is 9.17. The molecule has 10 rings (SSSR count). The predicted octanol–water partition coefficient (Wildman–Crippen LogP) is 11.4. The summed E-state index contributed by atoms with van der Waals surface area (Å²) in [7, 11) is 0. The van der Waals surface area contributed by atoms with Crippen LogP contribution in [-0.2, 0) is 0 Å². The van der Waals surface area contributed by atoms with Crippen molar-refractivity contribution in [3.63, 3.8) is 0 Å². The van der Waals surface area contributed by atoms with Crippen molar-refractivity contribution in [2.45, 2.75) is 0 Å². The van der Waals surface area contributed by atoms with Gasteiger partial charge >= 0.3 is 0 Å². The molecule has 0 aliphatic carbocycles. The van der Waals surface area contributed by atoms with E-state index in [0.717, 1.165) is 54.8 Å². The number of nitrogens with zero attached hydrogens (tertiary/aromatic N) is 3.